The van der Waals surface area contributed by atoms with Crippen molar-refractivity contribution in [2.24, 2.45) is 11.8 Å². The third kappa shape index (κ3) is 3.75. The van der Waals surface area contributed by atoms with Gasteiger partial charge in [-0.3, -0.25) is 4.90 Å². The SMILES string of the molecule is C=CC1CN2CCC1CC2C(O)c1cc[n+](Cc2ccccc2)c2ccc(OC)cc12. The molecule has 3 fully saturated rings. The standard InChI is InChI=1S/C27H31N2O2/c1-3-20-18-29-13-11-21(20)15-26(29)27(30)23-12-14-28(17-19-7-5-4-6-8-19)25-10-9-22(31-2)16-24(23)25/h3-10,12,14,16,20-21,26-27,30H,1,11,13,15,17-18H2,2H3/q+1. The molecule has 1 N–H and O–H groups in total. The lowest BCUT2D eigenvalue weighted by atomic mass is 9.73. The Morgan fingerprint density at radius 2 is 2.06 bits per heavy atom. The van der Waals surface area contributed by atoms with Gasteiger partial charge in [0.1, 0.15) is 5.75 Å². The Hall–Kier alpha value is -2.69. The van der Waals surface area contributed by atoms with Gasteiger partial charge >= 0.3 is 0 Å². The van der Waals surface area contributed by atoms with Gasteiger partial charge in [-0.05, 0) is 43.4 Å². The van der Waals surface area contributed by atoms with Crippen LogP contribution in [0.25, 0.3) is 10.9 Å². The second-order valence-corrected chi connectivity index (χ2v) is 8.96. The van der Waals surface area contributed by atoms with Crippen LogP contribution in [0.5, 0.6) is 5.75 Å². The first-order valence-corrected chi connectivity index (χ1v) is 11.3. The lowest BCUT2D eigenvalue weighted by Crippen LogP contribution is -2.54. The fourth-order valence-corrected chi connectivity index (χ4v) is 5.55. The van der Waals surface area contributed by atoms with Gasteiger partial charge in [0.05, 0.1) is 18.6 Å². The summed E-state index contributed by atoms with van der Waals surface area (Å²) in [5.41, 5.74) is 3.36. The van der Waals surface area contributed by atoms with Gasteiger partial charge in [0, 0.05) is 35.8 Å². The number of rotatable bonds is 6. The van der Waals surface area contributed by atoms with E-state index in [-0.39, 0.29) is 6.04 Å². The van der Waals surface area contributed by atoms with E-state index < -0.39 is 6.10 Å². The second kappa shape index (κ2) is 8.45. The van der Waals surface area contributed by atoms with Crippen molar-refractivity contribution in [1.82, 2.24) is 4.90 Å². The lowest BCUT2D eigenvalue weighted by Gasteiger charge is -2.50. The minimum absolute atomic E-state index is 0.161. The molecular formula is C27H31N2O2+. The summed E-state index contributed by atoms with van der Waals surface area (Å²) in [4.78, 5) is 2.47. The van der Waals surface area contributed by atoms with Crippen LogP contribution < -0.4 is 9.30 Å². The highest BCUT2D eigenvalue weighted by atomic mass is 16.5. The Kier molecular flexibility index (Phi) is 5.51. The van der Waals surface area contributed by atoms with Crippen LogP contribution in [0.15, 0.2) is 73.4 Å². The number of ether oxygens (including phenoxy) is 1. The number of aromatic nitrogens is 1. The quantitative estimate of drug-likeness (QED) is 0.486. The molecule has 2 bridgehead atoms. The Bertz CT molecular complexity index is 1080. The van der Waals surface area contributed by atoms with E-state index in [0.29, 0.717) is 11.8 Å². The van der Waals surface area contributed by atoms with Crippen molar-refractivity contribution in [3.8, 4) is 5.75 Å². The van der Waals surface area contributed by atoms with Gasteiger partial charge in [-0.25, -0.2) is 0 Å². The average Bonchev–Trinajstić information content (AvgIpc) is 2.84. The van der Waals surface area contributed by atoms with Crippen molar-refractivity contribution < 1.29 is 14.4 Å². The van der Waals surface area contributed by atoms with Gasteiger partial charge in [0.25, 0.3) is 0 Å². The van der Waals surface area contributed by atoms with E-state index in [9.17, 15) is 5.11 Å². The normalized spacial score (nSPS) is 26.0. The van der Waals surface area contributed by atoms with Crippen molar-refractivity contribution in [1.29, 1.82) is 0 Å². The van der Waals surface area contributed by atoms with Gasteiger partial charge < -0.3 is 9.84 Å². The third-order valence-corrected chi connectivity index (χ3v) is 7.29. The van der Waals surface area contributed by atoms with Gasteiger partial charge in [0.15, 0.2) is 12.7 Å². The molecule has 6 rings (SSSR count). The third-order valence-electron chi connectivity index (χ3n) is 7.29. The van der Waals surface area contributed by atoms with Gasteiger partial charge in [-0.1, -0.05) is 36.4 Å². The zero-order chi connectivity index (χ0) is 21.4. The van der Waals surface area contributed by atoms with E-state index in [1.165, 1.54) is 12.0 Å². The number of pyridine rings is 1. The zero-order valence-electron chi connectivity index (χ0n) is 18.2. The smallest absolute Gasteiger partial charge is 0.213 e. The summed E-state index contributed by atoms with van der Waals surface area (Å²) in [5, 5.41) is 12.6. The highest BCUT2D eigenvalue weighted by molar-refractivity contribution is 5.81. The number of hydrogen-bond donors (Lipinski definition) is 1. The average molecular weight is 416 g/mol. The van der Waals surface area contributed by atoms with Crippen LogP contribution in [-0.4, -0.2) is 36.2 Å². The lowest BCUT2D eigenvalue weighted by molar-refractivity contribution is -0.662. The molecule has 4 nitrogen and oxygen atoms in total. The molecule has 3 aliphatic rings. The monoisotopic (exact) mass is 415 g/mol. The minimum atomic E-state index is -0.519. The molecule has 3 aliphatic heterocycles. The number of methoxy groups -OCH3 is 1. The molecule has 0 aliphatic carbocycles. The molecule has 4 heterocycles. The van der Waals surface area contributed by atoms with Crippen molar-refractivity contribution in [3.05, 3.63) is 84.6 Å². The number of aliphatic hydroxyl groups excluding tert-OH is 1. The molecule has 5 unspecified atom stereocenters. The van der Waals surface area contributed by atoms with Crippen molar-refractivity contribution in [3.63, 3.8) is 0 Å². The zero-order valence-corrected chi connectivity index (χ0v) is 18.2. The largest absolute Gasteiger partial charge is 0.497 e. The predicted molar refractivity (Wildman–Crippen MR) is 123 cm³/mol. The summed E-state index contributed by atoms with van der Waals surface area (Å²) in [6.45, 7) is 6.90. The molecule has 0 amide bonds. The van der Waals surface area contributed by atoms with E-state index in [2.05, 4.69) is 70.8 Å². The summed E-state index contributed by atoms with van der Waals surface area (Å²) in [5.74, 6) is 2.00. The molecule has 5 atom stereocenters. The molecule has 0 spiro atoms. The molecule has 160 valence electrons. The molecular weight excluding hydrogens is 384 g/mol. The first-order valence-electron chi connectivity index (χ1n) is 11.3. The summed E-state index contributed by atoms with van der Waals surface area (Å²) < 4.78 is 7.78. The van der Waals surface area contributed by atoms with Crippen LogP contribution in [0, 0.1) is 11.8 Å². The van der Waals surface area contributed by atoms with Crippen LogP contribution >= 0.6 is 0 Å². The molecule has 4 heteroatoms. The van der Waals surface area contributed by atoms with E-state index >= 15 is 0 Å². The number of piperidine rings is 3. The first kappa shape index (κ1) is 20.2. The summed E-state index contributed by atoms with van der Waals surface area (Å²) in [6.07, 6.45) is 5.94. The van der Waals surface area contributed by atoms with Crippen LogP contribution in [0.3, 0.4) is 0 Å². The van der Waals surface area contributed by atoms with Crippen molar-refractivity contribution in [2.75, 3.05) is 20.2 Å². The Morgan fingerprint density at radius 3 is 2.77 bits per heavy atom. The predicted octanol–water partition coefficient (Wildman–Crippen LogP) is 4.11. The maximum Gasteiger partial charge on any atom is 0.213 e. The first-order chi connectivity index (χ1) is 15.2. The number of nitrogens with zero attached hydrogens (tertiary/aromatic N) is 2. The van der Waals surface area contributed by atoms with E-state index in [1.54, 1.807) is 7.11 Å². The number of fused-ring (bicyclic) bond motifs is 4. The summed E-state index contributed by atoms with van der Waals surface area (Å²) in [7, 11) is 1.69. The molecule has 2 aromatic carbocycles. The minimum Gasteiger partial charge on any atom is -0.497 e. The number of aliphatic hydroxyl groups is 1. The van der Waals surface area contributed by atoms with E-state index in [0.717, 1.165) is 48.3 Å². The second-order valence-electron chi connectivity index (χ2n) is 8.96. The molecule has 0 radical (unpaired) electrons. The Morgan fingerprint density at radius 1 is 1.23 bits per heavy atom. The van der Waals surface area contributed by atoms with Gasteiger partial charge in [-0.15, -0.1) is 6.58 Å². The Labute approximate surface area is 184 Å². The summed E-state index contributed by atoms with van der Waals surface area (Å²) >= 11 is 0. The topological polar surface area (TPSA) is 36.6 Å². The van der Waals surface area contributed by atoms with Crippen molar-refractivity contribution >= 4 is 10.9 Å². The summed E-state index contributed by atoms with van der Waals surface area (Å²) in [6, 6.07) is 18.9. The highest BCUT2D eigenvalue weighted by Crippen LogP contribution is 2.42. The van der Waals surface area contributed by atoms with Crippen molar-refractivity contribution in [2.45, 2.75) is 31.5 Å². The molecule has 1 aromatic heterocycles. The van der Waals surface area contributed by atoms with Crippen LogP contribution in [0.1, 0.15) is 30.1 Å². The van der Waals surface area contributed by atoms with Gasteiger partial charge in [0.2, 0.25) is 5.52 Å². The van der Waals surface area contributed by atoms with E-state index in [4.69, 9.17) is 4.74 Å². The van der Waals surface area contributed by atoms with Crippen LogP contribution in [0.2, 0.25) is 0 Å². The maximum absolute atomic E-state index is 11.6. The molecule has 0 saturated carbocycles. The van der Waals surface area contributed by atoms with Gasteiger partial charge in [-0.2, -0.15) is 4.57 Å². The van der Waals surface area contributed by atoms with Crippen LogP contribution in [0.4, 0.5) is 0 Å². The fraction of sp³-hybridized carbons (Fsp3) is 0.370. The van der Waals surface area contributed by atoms with E-state index in [1.807, 2.05) is 12.1 Å². The maximum atomic E-state index is 11.6. The highest BCUT2D eigenvalue weighted by Gasteiger charge is 2.42. The number of benzene rings is 2. The number of hydrogen-bond acceptors (Lipinski definition) is 3. The van der Waals surface area contributed by atoms with Crippen LogP contribution in [-0.2, 0) is 6.54 Å². The molecule has 3 aromatic rings. The molecule has 31 heavy (non-hydrogen) atoms. The fourth-order valence-electron chi connectivity index (χ4n) is 5.55. The Balaban J connectivity index is 1.53. The molecule has 3 saturated heterocycles.